The average molecular weight is 689 g/mol. The zero-order chi connectivity index (χ0) is 29.7. The van der Waals surface area contributed by atoms with E-state index in [1.807, 2.05) is 18.2 Å². The van der Waals surface area contributed by atoms with Crippen molar-refractivity contribution in [2.75, 3.05) is 34.4 Å². The van der Waals surface area contributed by atoms with E-state index in [2.05, 4.69) is 62.9 Å². The molecule has 0 aliphatic carbocycles. The highest BCUT2D eigenvalue weighted by Gasteiger charge is 2.29. The molecule has 5 aromatic rings. The van der Waals surface area contributed by atoms with E-state index in [1.165, 1.54) is 21.9 Å². The Balaban J connectivity index is 1.30. The van der Waals surface area contributed by atoms with Gasteiger partial charge in [-0.05, 0) is 101 Å². The highest BCUT2D eigenvalue weighted by molar-refractivity contribution is 14.1. The van der Waals surface area contributed by atoms with Crippen LogP contribution in [0.2, 0.25) is 0 Å². The van der Waals surface area contributed by atoms with E-state index in [-0.39, 0.29) is 11.7 Å². The van der Waals surface area contributed by atoms with Crippen LogP contribution in [0.4, 0.5) is 0 Å². The lowest BCUT2D eigenvalue weighted by Gasteiger charge is -2.24. The maximum absolute atomic E-state index is 11.0. The number of aliphatic imine (C=N–C) groups is 2. The van der Waals surface area contributed by atoms with Crippen molar-refractivity contribution in [1.82, 2.24) is 9.97 Å². The lowest BCUT2D eigenvalue weighted by atomic mass is 9.84. The Morgan fingerprint density at radius 3 is 1.79 bits per heavy atom. The van der Waals surface area contributed by atoms with Gasteiger partial charge in [-0.1, -0.05) is 6.07 Å². The third-order valence-corrected chi connectivity index (χ3v) is 9.91. The maximum atomic E-state index is 11.0. The van der Waals surface area contributed by atoms with Gasteiger partial charge < -0.3 is 29.3 Å². The molecule has 43 heavy (non-hydrogen) atoms. The second-order valence-corrected chi connectivity index (χ2v) is 12.1. The van der Waals surface area contributed by atoms with Gasteiger partial charge in [0.25, 0.3) is 0 Å². The number of phenolic OH excluding ortho intramolecular Hbond substituents is 1. The van der Waals surface area contributed by atoms with E-state index in [9.17, 15) is 5.11 Å². The Hall–Kier alpha value is -3.99. The number of aromatic amines is 2. The highest BCUT2D eigenvalue weighted by atomic mass is 127. The van der Waals surface area contributed by atoms with Crippen molar-refractivity contribution in [3.63, 3.8) is 0 Å². The maximum Gasteiger partial charge on any atom is 0.171 e. The molecule has 0 bridgehead atoms. The molecular weight excluding hydrogens is 655 g/mol. The SMILES string of the molecule is COc1ccc2c3c([nH]c2c1)C(CC(CC1=NCCc2c1[nH]c1cc(OC)ccc21)c1ccc(OC)c(O)c1I)=NCC3. The zero-order valence-electron chi connectivity index (χ0n) is 24.4. The number of hydrogen-bond donors (Lipinski definition) is 3. The number of ether oxygens (including phenoxy) is 3. The molecule has 0 radical (unpaired) electrons. The fourth-order valence-corrected chi connectivity index (χ4v) is 7.52. The molecule has 0 spiro atoms. The first kappa shape index (κ1) is 27.8. The molecular formula is C34H33IN4O4. The van der Waals surface area contributed by atoms with E-state index >= 15 is 0 Å². The predicted molar refractivity (Wildman–Crippen MR) is 179 cm³/mol. The number of nitrogens with one attached hydrogen (secondary N) is 2. The molecule has 220 valence electrons. The van der Waals surface area contributed by atoms with Gasteiger partial charge in [0.15, 0.2) is 11.5 Å². The summed E-state index contributed by atoms with van der Waals surface area (Å²) in [5, 5.41) is 13.4. The minimum atomic E-state index is 0.0139. The van der Waals surface area contributed by atoms with Crippen LogP contribution in [0.3, 0.4) is 0 Å². The van der Waals surface area contributed by atoms with Crippen LogP contribution < -0.4 is 14.2 Å². The molecule has 0 atom stereocenters. The van der Waals surface area contributed by atoms with Crippen molar-refractivity contribution < 1.29 is 19.3 Å². The number of phenols is 1. The summed E-state index contributed by atoms with van der Waals surface area (Å²) in [6, 6.07) is 16.3. The van der Waals surface area contributed by atoms with Gasteiger partial charge in [-0.2, -0.15) is 0 Å². The molecule has 0 saturated heterocycles. The molecule has 2 aliphatic rings. The smallest absolute Gasteiger partial charge is 0.171 e. The summed E-state index contributed by atoms with van der Waals surface area (Å²) in [5.74, 6) is 2.30. The van der Waals surface area contributed by atoms with Crippen LogP contribution in [-0.4, -0.2) is 60.9 Å². The molecule has 2 aliphatic heterocycles. The van der Waals surface area contributed by atoms with Gasteiger partial charge in [0, 0.05) is 47.0 Å². The van der Waals surface area contributed by atoms with Crippen LogP contribution in [0.1, 0.15) is 46.8 Å². The Morgan fingerprint density at radius 2 is 1.30 bits per heavy atom. The second-order valence-electron chi connectivity index (χ2n) is 11.1. The van der Waals surface area contributed by atoms with Gasteiger partial charge in [0.1, 0.15) is 11.5 Å². The molecule has 0 saturated carbocycles. The fraction of sp³-hybridized carbons (Fsp3) is 0.294. The van der Waals surface area contributed by atoms with E-state index in [4.69, 9.17) is 24.2 Å². The number of benzene rings is 3. The first-order valence-electron chi connectivity index (χ1n) is 14.5. The Kier molecular flexibility index (Phi) is 7.28. The van der Waals surface area contributed by atoms with Crippen molar-refractivity contribution in [2.24, 2.45) is 9.98 Å². The van der Waals surface area contributed by atoms with Crippen LogP contribution in [0.5, 0.6) is 23.0 Å². The number of halogens is 1. The highest BCUT2D eigenvalue weighted by Crippen LogP contribution is 2.41. The van der Waals surface area contributed by atoms with E-state index in [0.717, 1.165) is 80.4 Å². The molecule has 7 rings (SSSR count). The molecule has 8 nitrogen and oxygen atoms in total. The minimum Gasteiger partial charge on any atom is -0.504 e. The number of hydrogen-bond acceptors (Lipinski definition) is 6. The van der Waals surface area contributed by atoms with E-state index in [1.54, 1.807) is 21.3 Å². The first-order valence-corrected chi connectivity index (χ1v) is 15.6. The third-order valence-electron chi connectivity index (χ3n) is 8.78. The van der Waals surface area contributed by atoms with Gasteiger partial charge in [-0.3, -0.25) is 9.98 Å². The normalized spacial score (nSPS) is 14.4. The van der Waals surface area contributed by atoms with Crippen LogP contribution in [0.25, 0.3) is 21.8 Å². The molecule has 3 aromatic carbocycles. The van der Waals surface area contributed by atoms with Crippen molar-refractivity contribution in [3.8, 4) is 23.0 Å². The summed E-state index contributed by atoms with van der Waals surface area (Å²) in [6.45, 7) is 1.49. The van der Waals surface area contributed by atoms with Crippen LogP contribution in [-0.2, 0) is 12.8 Å². The molecule has 2 aromatic heterocycles. The van der Waals surface area contributed by atoms with Gasteiger partial charge in [-0.25, -0.2) is 0 Å². The summed E-state index contributed by atoms with van der Waals surface area (Å²) in [4.78, 5) is 17.4. The van der Waals surface area contributed by atoms with Crippen LogP contribution >= 0.6 is 22.6 Å². The van der Waals surface area contributed by atoms with Gasteiger partial charge in [-0.15, -0.1) is 0 Å². The number of fused-ring (bicyclic) bond motifs is 6. The summed E-state index contributed by atoms with van der Waals surface area (Å²) in [6.07, 6.45) is 3.18. The lowest BCUT2D eigenvalue weighted by molar-refractivity contribution is 0.371. The Bertz CT molecular complexity index is 1830. The molecule has 3 N–H and O–H groups in total. The van der Waals surface area contributed by atoms with E-state index < -0.39 is 0 Å². The molecule has 0 fully saturated rings. The summed E-state index contributed by atoms with van der Waals surface area (Å²) in [7, 11) is 4.96. The largest absolute Gasteiger partial charge is 0.504 e. The molecule has 0 amide bonds. The molecule has 9 heteroatoms. The standard InChI is InChI=1S/C34H33IN4O4/c1-41-19-4-6-22-24-10-12-36-28(32(24)38-26(22)16-19)14-18(21-8-9-30(43-3)34(40)31(21)35)15-29-33-25(11-13-37-29)23-7-5-20(42-2)17-27(23)39-33/h4-9,16-18,38-40H,10-15H2,1-3H3. The van der Waals surface area contributed by atoms with Crippen molar-refractivity contribution >= 4 is 55.8 Å². The Morgan fingerprint density at radius 1 is 0.767 bits per heavy atom. The number of rotatable bonds is 8. The van der Waals surface area contributed by atoms with Gasteiger partial charge in [0.05, 0.1) is 47.7 Å². The fourth-order valence-electron chi connectivity index (χ4n) is 6.63. The van der Waals surface area contributed by atoms with Gasteiger partial charge in [0.2, 0.25) is 0 Å². The van der Waals surface area contributed by atoms with E-state index in [0.29, 0.717) is 18.6 Å². The lowest BCUT2D eigenvalue weighted by Crippen LogP contribution is -2.21. The van der Waals surface area contributed by atoms with Gasteiger partial charge >= 0.3 is 0 Å². The Labute approximate surface area is 263 Å². The number of aromatic nitrogens is 2. The monoisotopic (exact) mass is 688 g/mol. The quantitative estimate of drug-likeness (QED) is 0.154. The first-order chi connectivity index (χ1) is 21.0. The minimum absolute atomic E-state index is 0.0139. The van der Waals surface area contributed by atoms with Crippen molar-refractivity contribution in [3.05, 3.63) is 80.2 Å². The number of aromatic hydroxyl groups is 1. The number of methoxy groups -OCH3 is 3. The predicted octanol–water partition coefficient (Wildman–Crippen LogP) is 6.94. The summed E-state index contributed by atoms with van der Waals surface area (Å²) >= 11 is 2.24. The summed E-state index contributed by atoms with van der Waals surface area (Å²) in [5.41, 5.74) is 10.1. The molecule has 0 unspecified atom stereocenters. The number of nitrogens with zero attached hydrogens (tertiary/aromatic N) is 2. The third kappa shape index (κ3) is 4.83. The van der Waals surface area contributed by atoms with Crippen molar-refractivity contribution in [1.29, 1.82) is 0 Å². The second kappa shape index (κ2) is 11.3. The summed E-state index contributed by atoms with van der Waals surface area (Å²) < 4.78 is 17.2. The topological polar surface area (TPSA) is 104 Å². The average Bonchev–Trinajstić information content (AvgIpc) is 3.60. The molecule has 4 heterocycles. The number of H-pyrrole nitrogens is 2. The van der Waals surface area contributed by atoms with Crippen LogP contribution in [0.15, 0.2) is 58.5 Å². The van der Waals surface area contributed by atoms with Crippen molar-refractivity contribution in [2.45, 2.75) is 31.6 Å². The zero-order valence-corrected chi connectivity index (χ0v) is 26.5. The van der Waals surface area contributed by atoms with Crippen LogP contribution in [0, 0.1) is 3.57 Å².